The van der Waals surface area contributed by atoms with E-state index < -0.39 is 8.07 Å². The second kappa shape index (κ2) is 7.99. The second-order valence-electron chi connectivity index (χ2n) is 7.27. The minimum atomic E-state index is -1.28. The summed E-state index contributed by atoms with van der Waals surface area (Å²) in [6.45, 7) is 11.6. The quantitative estimate of drug-likeness (QED) is 0.481. The number of benzene rings is 1. The molecule has 0 amide bonds. The molecule has 2 rings (SSSR count). The molecule has 1 aromatic rings. The Morgan fingerprint density at radius 1 is 1.14 bits per heavy atom. The first kappa shape index (κ1) is 18.0. The summed E-state index contributed by atoms with van der Waals surface area (Å²) in [6.07, 6.45) is 1.31. The highest BCUT2D eigenvalue weighted by molar-refractivity contribution is 8.16. The lowest BCUT2D eigenvalue weighted by Gasteiger charge is -2.31. The van der Waals surface area contributed by atoms with E-state index in [1.54, 1.807) is 0 Å². The van der Waals surface area contributed by atoms with Crippen LogP contribution in [0.1, 0.15) is 36.0 Å². The van der Waals surface area contributed by atoms with Gasteiger partial charge in [-0.15, -0.1) is 29.1 Å². The van der Waals surface area contributed by atoms with Crippen LogP contribution in [0.15, 0.2) is 24.3 Å². The van der Waals surface area contributed by atoms with Gasteiger partial charge in [0.05, 0.1) is 4.58 Å². The standard InChI is InChI=1S/C19H28S2Si/c1-6-15(2)18-13-20-19(21-14-18)17-9-7-16(8-10-17)11-12-22(3,4)5/h7-10,15,18-19H,6,13-14H2,1-5H3. The SMILES string of the molecule is CCC(C)C1CSC(c2ccc(C#C[Si](C)(C)C)cc2)SC1. The van der Waals surface area contributed by atoms with Crippen molar-refractivity contribution in [1.29, 1.82) is 0 Å². The maximum Gasteiger partial charge on any atom is 0.129 e. The van der Waals surface area contributed by atoms with Crippen molar-refractivity contribution in [2.24, 2.45) is 11.8 Å². The molecule has 120 valence electrons. The lowest BCUT2D eigenvalue weighted by atomic mass is 9.95. The van der Waals surface area contributed by atoms with Gasteiger partial charge in [-0.25, -0.2) is 0 Å². The van der Waals surface area contributed by atoms with Gasteiger partial charge in [-0.2, -0.15) is 0 Å². The van der Waals surface area contributed by atoms with E-state index in [1.807, 2.05) is 0 Å². The first-order chi connectivity index (χ1) is 10.4. The molecule has 0 nitrogen and oxygen atoms in total. The number of rotatable bonds is 3. The first-order valence-corrected chi connectivity index (χ1v) is 13.8. The van der Waals surface area contributed by atoms with Crippen molar-refractivity contribution in [2.45, 2.75) is 44.5 Å². The van der Waals surface area contributed by atoms with Gasteiger partial charge in [0.2, 0.25) is 0 Å². The predicted molar refractivity (Wildman–Crippen MR) is 107 cm³/mol. The molecule has 1 fully saturated rings. The average molecular weight is 349 g/mol. The zero-order valence-corrected chi connectivity index (χ0v) is 17.1. The Balaban J connectivity index is 1.96. The van der Waals surface area contributed by atoms with Gasteiger partial charge in [-0.05, 0) is 41.0 Å². The molecule has 1 aliphatic rings. The molecule has 0 N–H and O–H groups in total. The number of hydrogen-bond acceptors (Lipinski definition) is 2. The topological polar surface area (TPSA) is 0 Å². The number of hydrogen-bond donors (Lipinski definition) is 0. The van der Waals surface area contributed by atoms with Crippen molar-refractivity contribution in [3.8, 4) is 11.5 Å². The molecule has 0 radical (unpaired) electrons. The van der Waals surface area contributed by atoms with Crippen LogP contribution in [0.3, 0.4) is 0 Å². The molecule has 1 unspecified atom stereocenters. The van der Waals surface area contributed by atoms with Crippen LogP contribution in [0, 0.1) is 23.3 Å². The monoisotopic (exact) mass is 348 g/mol. The highest BCUT2D eigenvalue weighted by Crippen LogP contribution is 2.47. The van der Waals surface area contributed by atoms with E-state index in [-0.39, 0.29) is 0 Å². The molecule has 3 heteroatoms. The lowest BCUT2D eigenvalue weighted by Crippen LogP contribution is -2.21. The Labute approximate surface area is 146 Å². The summed E-state index contributed by atoms with van der Waals surface area (Å²) in [4.78, 5) is 0. The van der Waals surface area contributed by atoms with E-state index in [4.69, 9.17) is 0 Å². The van der Waals surface area contributed by atoms with Gasteiger partial charge in [0.25, 0.3) is 0 Å². The smallest absolute Gasteiger partial charge is 0.129 e. The van der Waals surface area contributed by atoms with Crippen molar-refractivity contribution < 1.29 is 0 Å². The summed E-state index contributed by atoms with van der Waals surface area (Å²) in [6, 6.07) is 8.96. The lowest BCUT2D eigenvalue weighted by molar-refractivity contribution is 0.418. The third kappa shape index (κ3) is 5.40. The highest BCUT2D eigenvalue weighted by atomic mass is 32.2. The van der Waals surface area contributed by atoms with E-state index >= 15 is 0 Å². The maximum absolute atomic E-state index is 3.44. The summed E-state index contributed by atoms with van der Waals surface area (Å²) in [5, 5.41) is 0. The van der Waals surface area contributed by atoms with Crippen LogP contribution in [-0.4, -0.2) is 19.6 Å². The highest BCUT2D eigenvalue weighted by Gasteiger charge is 2.26. The van der Waals surface area contributed by atoms with E-state index in [2.05, 4.69) is 92.7 Å². The maximum atomic E-state index is 3.44. The van der Waals surface area contributed by atoms with E-state index in [0.717, 1.165) is 17.4 Å². The van der Waals surface area contributed by atoms with Gasteiger partial charge in [-0.1, -0.05) is 58.0 Å². The molecule has 1 saturated heterocycles. The Morgan fingerprint density at radius 3 is 2.23 bits per heavy atom. The second-order valence-corrected chi connectivity index (χ2v) is 14.6. The van der Waals surface area contributed by atoms with Crippen molar-refractivity contribution >= 4 is 31.6 Å². The number of thioether (sulfide) groups is 2. The van der Waals surface area contributed by atoms with Gasteiger partial charge in [-0.3, -0.25) is 0 Å². The van der Waals surface area contributed by atoms with Crippen LogP contribution >= 0.6 is 23.5 Å². The Bertz CT molecular complexity index is 525. The average Bonchev–Trinajstić information content (AvgIpc) is 2.52. The van der Waals surface area contributed by atoms with Crippen molar-refractivity contribution in [2.75, 3.05) is 11.5 Å². The minimum absolute atomic E-state index is 0.610. The third-order valence-electron chi connectivity index (χ3n) is 4.14. The summed E-state index contributed by atoms with van der Waals surface area (Å²) in [7, 11) is -1.28. The zero-order valence-electron chi connectivity index (χ0n) is 14.5. The Kier molecular flexibility index (Phi) is 6.55. The van der Waals surface area contributed by atoms with Crippen molar-refractivity contribution in [3.05, 3.63) is 35.4 Å². The Hall–Kier alpha value is -0.303. The molecular weight excluding hydrogens is 320 g/mol. The molecule has 0 aromatic heterocycles. The largest absolute Gasteiger partial charge is 0.142 e. The summed E-state index contributed by atoms with van der Waals surface area (Å²) >= 11 is 4.25. The molecule has 0 spiro atoms. The Morgan fingerprint density at radius 2 is 1.73 bits per heavy atom. The van der Waals surface area contributed by atoms with Crippen LogP contribution < -0.4 is 0 Å². The van der Waals surface area contributed by atoms with E-state index in [1.165, 1.54) is 23.5 Å². The molecule has 22 heavy (non-hydrogen) atoms. The van der Waals surface area contributed by atoms with E-state index in [0.29, 0.717) is 4.58 Å². The van der Waals surface area contributed by atoms with Gasteiger partial charge in [0, 0.05) is 5.56 Å². The molecular formula is C19H28S2Si. The van der Waals surface area contributed by atoms with Gasteiger partial charge in [0.1, 0.15) is 8.07 Å². The molecule has 1 heterocycles. The van der Waals surface area contributed by atoms with Crippen LogP contribution in [0.5, 0.6) is 0 Å². The predicted octanol–water partition coefficient (Wildman–Crippen LogP) is 6.06. The first-order valence-electron chi connectivity index (χ1n) is 8.25. The van der Waals surface area contributed by atoms with Gasteiger partial charge in [0.15, 0.2) is 0 Å². The van der Waals surface area contributed by atoms with E-state index in [9.17, 15) is 0 Å². The van der Waals surface area contributed by atoms with Gasteiger partial charge < -0.3 is 0 Å². The molecule has 1 atom stereocenters. The fourth-order valence-electron chi connectivity index (χ4n) is 2.36. The molecule has 0 saturated carbocycles. The summed E-state index contributed by atoms with van der Waals surface area (Å²) in [5.41, 5.74) is 6.06. The van der Waals surface area contributed by atoms with Gasteiger partial charge >= 0.3 is 0 Å². The molecule has 0 aliphatic carbocycles. The van der Waals surface area contributed by atoms with Crippen molar-refractivity contribution in [3.63, 3.8) is 0 Å². The zero-order chi connectivity index (χ0) is 16.2. The summed E-state index contributed by atoms with van der Waals surface area (Å²) < 4.78 is 0.610. The third-order valence-corrected chi connectivity index (χ3v) is 8.22. The molecule has 1 aliphatic heterocycles. The van der Waals surface area contributed by atoms with Crippen molar-refractivity contribution in [1.82, 2.24) is 0 Å². The fourth-order valence-corrected chi connectivity index (χ4v) is 6.32. The van der Waals surface area contributed by atoms with Crippen LogP contribution in [0.25, 0.3) is 0 Å². The molecule has 0 bridgehead atoms. The normalized spacial score (nSPS) is 23.5. The fraction of sp³-hybridized carbons (Fsp3) is 0.579. The van der Waals surface area contributed by atoms with Crippen LogP contribution in [0.2, 0.25) is 19.6 Å². The molecule has 1 aromatic carbocycles. The minimum Gasteiger partial charge on any atom is -0.142 e. The van der Waals surface area contributed by atoms with Crippen LogP contribution in [-0.2, 0) is 0 Å². The van der Waals surface area contributed by atoms with Crippen LogP contribution in [0.4, 0.5) is 0 Å². The summed E-state index contributed by atoms with van der Waals surface area (Å²) in [5.74, 6) is 7.71.